The highest BCUT2D eigenvalue weighted by Crippen LogP contribution is 2.67. The molecule has 0 N–H and O–H groups in total. The third-order valence-corrected chi connectivity index (χ3v) is 15.3. The van der Waals surface area contributed by atoms with E-state index in [1.807, 2.05) is 30.4 Å². The second-order valence-corrected chi connectivity index (χ2v) is 17.7. The first kappa shape index (κ1) is 34.2. The first-order valence-electron chi connectivity index (χ1n) is 18.8. The third-order valence-electron chi connectivity index (χ3n) is 13.0. The molecular weight excluding hydrogens is 737 g/mol. The normalized spacial score (nSPS) is 19.1. The predicted molar refractivity (Wildman–Crippen MR) is 209 cm³/mol. The van der Waals surface area contributed by atoms with Gasteiger partial charge in [-0.1, -0.05) is 38.5 Å². The maximum atomic E-state index is 13.8. The van der Waals surface area contributed by atoms with Crippen LogP contribution < -0.4 is 0 Å². The van der Waals surface area contributed by atoms with Gasteiger partial charge >= 0.3 is 0 Å². The Bertz CT molecular complexity index is 2780. The van der Waals surface area contributed by atoms with Gasteiger partial charge < -0.3 is 0 Å². The molecular formula is C46H28N4O4S2. The lowest BCUT2D eigenvalue weighted by atomic mass is 9.61. The summed E-state index contributed by atoms with van der Waals surface area (Å²) in [6.07, 6.45) is 15.9. The van der Waals surface area contributed by atoms with Crippen LogP contribution in [0.4, 0.5) is 0 Å². The zero-order valence-corrected chi connectivity index (χ0v) is 31.6. The van der Waals surface area contributed by atoms with E-state index in [-0.39, 0.29) is 66.5 Å². The quantitative estimate of drug-likeness (QED) is 0.144. The number of nitriles is 4. The second-order valence-electron chi connectivity index (χ2n) is 15.6. The monoisotopic (exact) mass is 764 g/mol. The van der Waals surface area contributed by atoms with Crippen molar-refractivity contribution < 1.29 is 19.2 Å². The number of hydrogen-bond acceptors (Lipinski definition) is 10. The van der Waals surface area contributed by atoms with Crippen LogP contribution in [0.25, 0.3) is 21.9 Å². The molecule has 2 spiro atoms. The number of rotatable bonds is 2. The van der Waals surface area contributed by atoms with Crippen LogP contribution in [-0.4, -0.2) is 23.1 Å². The van der Waals surface area contributed by atoms with Crippen LogP contribution >= 0.6 is 22.7 Å². The van der Waals surface area contributed by atoms with E-state index in [0.29, 0.717) is 0 Å². The number of allylic oxidation sites excluding steroid dienone is 4. The third kappa shape index (κ3) is 4.40. The Balaban J connectivity index is 1.09. The minimum atomic E-state index is -0.438. The highest BCUT2D eigenvalue weighted by Gasteiger charge is 2.54. The molecule has 56 heavy (non-hydrogen) atoms. The maximum Gasteiger partial charge on any atom is 0.197 e. The van der Waals surface area contributed by atoms with Crippen LogP contribution in [0, 0.1) is 45.3 Å². The van der Waals surface area contributed by atoms with E-state index < -0.39 is 23.1 Å². The number of carbonyl (C=O) groups is 4. The van der Waals surface area contributed by atoms with Gasteiger partial charge in [-0.15, -0.1) is 22.7 Å². The fraction of sp³-hybridized carbons (Fsp3) is 0.261. The van der Waals surface area contributed by atoms with Crippen molar-refractivity contribution in [2.75, 3.05) is 0 Å². The molecule has 2 fully saturated rings. The molecule has 0 radical (unpaired) electrons. The largest absolute Gasteiger partial charge is 0.288 e. The summed E-state index contributed by atoms with van der Waals surface area (Å²) < 4.78 is 0. The predicted octanol–water partition coefficient (Wildman–Crippen LogP) is 9.59. The topological polar surface area (TPSA) is 163 Å². The molecule has 6 aliphatic rings. The van der Waals surface area contributed by atoms with Crippen molar-refractivity contribution in [1.82, 2.24) is 0 Å². The number of nitrogens with zero attached hydrogens (tertiary/aromatic N) is 4. The number of hydrogen-bond donors (Lipinski definition) is 0. The summed E-state index contributed by atoms with van der Waals surface area (Å²) >= 11 is 3.34. The number of thiophene rings is 2. The Labute approximate surface area is 329 Å². The summed E-state index contributed by atoms with van der Waals surface area (Å²) in [6, 6.07) is 15.5. The highest BCUT2D eigenvalue weighted by atomic mass is 32.1. The maximum absolute atomic E-state index is 13.8. The number of Topliss-reactive ketones (excluding diaryl/α,β-unsaturated/α-hetero) is 4. The lowest BCUT2D eigenvalue weighted by molar-refractivity contribution is 0.0974. The Morgan fingerprint density at radius 1 is 0.518 bits per heavy atom. The molecule has 2 aromatic heterocycles. The van der Waals surface area contributed by atoms with Gasteiger partial charge in [0.1, 0.15) is 24.3 Å². The molecule has 10 heteroatoms. The molecule has 0 unspecified atom stereocenters. The summed E-state index contributed by atoms with van der Waals surface area (Å²) in [5.41, 5.74) is 5.39. The Kier molecular flexibility index (Phi) is 7.39. The van der Waals surface area contributed by atoms with Crippen molar-refractivity contribution in [2.45, 2.75) is 75.0 Å². The summed E-state index contributed by atoms with van der Waals surface area (Å²) in [5.74, 6) is -1.70. The smallest absolute Gasteiger partial charge is 0.197 e. The van der Waals surface area contributed by atoms with Gasteiger partial charge in [0, 0.05) is 52.6 Å². The average Bonchev–Trinajstić information content (AvgIpc) is 4.03. The van der Waals surface area contributed by atoms with Gasteiger partial charge in [0.25, 0.3) is 0 Å². The Morgan fingerprint density at radius 2 is 0.964 bits per heavy atom. The lowest BCUT2D eigenvalue weighted by Crippen LogP contribution is -2.35. The molecule has 6 aliphatic carbocycles. The summed E-state index contributed by atoms with van der Waals surface area (Å²) in [6.45, 7) is 0. The van der Waals surface area contributed by atoms with Crippen LogP contribution in [0.1, 0.15) is 154 Å². The Hall–Kier alpha value is -6.30. The second kappa shape index (κ2) is 12.1. The SMILES string of the molecule is N#Cc1cc2c(cc1C#N)C(=O)C(=CC1=Cc3sc4c(c3C13CCCCC3)C1(CCCCC1)c1cc(C=C3C(=O)c5cc(C#N)c(C#N)cc5C3=O)sc1-4)C2=O. The van der Waals surface area contributed by atoms with E-state index in [4.69, 9.17) is 0 Å². The van der Waals surface area contributed by atoms with Gasteiger partial charge in [0.05, 0.1) is 33.4 Å². The summed E-state index contributed by atoms with van der Waals surface area (Å²) in [7, 11) is 0. The summed E-state index contributed by atoms with van der Waals surface area (Å²) in [4.78, 5) is 59.2. The molecule has 0 saturated heterocycles. The number of fused-ring (bicyclic) bond motifs is 10. The van der Waals surface area contributed by atoms with Crippen molar-refractivity contribution in [3.05, 3.63) is 124 Å². The molecule has 8 nitrogen and oxygen atoms in total. The lowest BCUT2D eigenvalue weighted by Gasteiger charge is -2.42. The van der Waals surface area contributed by atoms with Crippen molar-refractivity contribution in [3.8, 4) is 34.0 Å². The van der Waals surface area contributed by atoms with E-state index in [1.165, 1.54) is 50.7 Å². The van der Waals surface area contributed by atoms with Crippen molar-refractivity contribution in [2.24, 2.45) is 0 Å². The molecule has 0 bridgehead atoms. The number of carbonyl (C=O) groups excluding carboxylic acids is 4. The molecule has 2 saturated carbocycles. The standard InChI is InChI=1S/C46H28N4O4S2/c47-19-23-11-29-30(12-24(23)20-48)40(52)33(39(29)51)15-27-16-36-37(45(27)7-3-1-4-8-45)38-44(56-36)43-35(46(38)9-5-2-6-10-46)18-28(55-43)17-34-41(53)31-13-25(21-49)26(22-50)14-32(31)42(34)54/h11-18H,1-10H2. The van der Waals surface area contributed by atoms with Gasteiger partial charge in [-0.25, -0.2) is 0 Å². The van der Waals surface area contributed by atoms with Gasteiger partial charge in [0.15, 0.2) is 23.1 Å². The molecule has 10 rings (SSSR count). The molecule has 2 heterocycles. The van der Waals surface area contributed by atoms with E-state index in [0.717, 1.165) is 79.5 Å². The van der Waals surface area contributed by atoms with Gasteiger partial charge in [0.2, 0.25) is 0 Å². The van der Waals surface area contributed by atoms with Crippen LogP contribution in [0.15, 0.2) is 53.1 Å². The fourth-order valence-electron chi connectivity index (χ4n) is 10.4. The van der Waals surface area contributed by atoms with E-state index >= 15 is 0 Å². The Morgan fingerprint density at radius 3 is 1.43 bits per heavy atom. The number of benzene rings is 2. The highest BCUT2D eigenvalue weighted by molar-refractivity contribution is 7.23. The average molecular weight is 765 g/mol. The van der Waals surface area contributed by atoms with Gasteiger partial charge in [-0.3, -0.25) is 19.2 Å². The first-order chi connectivity index (χ1) is 27.2. The van der Waals surface area contributed by atoms with Crippen LogP contribution in [0.5, 0.6) is 0 Å². The molecule has 268 valence electrons. The van der Waals surface area contributed by atoms with Crippen molar-refractivity contribution >= 4 is 58.0 Å². The van der Waals surface area contributed by atoms with Crippen molar-refractivity contribution in [3.63, 3.8) is 0 Å². The van der Waals surface area contributed by atoms with Crippen LogP contribution in [0.3, 0.4) is 0 Å². The number of ketones is 4. The zero-order chi connectivity index (χ0) is 38.7. The van der Waals surface area contributed by atoms with Crippen LogP contribution in [0.2, 0.25) is 0 Å². The molecule has 4 aromatic rings. The molecule has 0 aliphatic heterocycles. The van der Waals surface area contributed by atoms with E-state index in [1.54, 1.807) is 28.7 Å². The van der Waals surface area contributed by atoms with E-state index in [2.05, 4.69) is 12.1 Å². The zero-order valence-electron chi connectivity index (χ0n) is 29.9. The minimum Gasteiger partial charge on any atom is -0.288 e. The van der Waals surface area contributed by atoms with Gasteiger partial charge in [-0.2, -0.15) is 21.0 Å². The van der Waals surface area contributed by atoms with E-state index in [9.17, 15) is 40.2 Å². The minimum absolute atomic E-state index is 0.0399. The summed E-state index contributed by atoms with van der Waals surface area (Å²) in [5, 5.41) is 38.3. The fourth-order valence-corrected chi connectivity index (χ4v) is 13.2. The first-order valence-corrected chi connectivity index (χ1v) is 20.4. The molecule has 0 atom stereocenters. The molecule has 0 amide bonds. The van der Waals surface area contributed by atoms with Crippen LogP contribution in [-0.2, 0) is 10.8 Å². The van der Waals surface area contributed by atoms with Crippen molar-refractivity contribution in [1.29, 1.82) is 21.0 Å². The van der Waals surface area contributed by atoms with Gasteiger partial charge in [-0.05, 0) is 96.5 Å². The molecule has 2 aromatic carbocycles.